The molecule has 1 aromatic rings. The minimum atomic E-state index is -3.77. The number of sulfonamides is 1. The number of benzene rings is 1. The summed E-state index contributed by atoms with van der Waals surface area (Å²) in [5.74, 6) is 0.0154. The van der Waals surface area contributed by atoms with E-state index in [0.717, 1.165) is 12.6 Å². The number of hydrogen-bond acceptors (Lipinski definition) is 6. The molecule has 8 nitrogen and oxygen atoms in total. The van der Waals surface area contributed by atoms with Crippen molar-refractivity contribution in [2.24, 2.45) is 0 Å². The molecular formula is C11H17N3O5S. The third-order valence-electron chi connectivity index (χ3n) is 2.50. The van der Waals surface area contributed by atoms with Gasteiger partial charge in [0.15, 0.2) is 5.75 Å². The lowest BCUT2D eigenvalue weighted by Gasteiger charge is -2.08. The standard InChI is InChI=1S/C11H17N3O5S/c1-3-12-6-7-13-20(17,18)9-4-5-11(19-2)10(8-9)14(15)16/h4-5,8,12-13H,3,6-7H2,1-2H3. The first-order valence-electron chi connectivity index (χ1n) is 5.95. The zero-order valence-corrected chi connectivity index (χ0v) is 12.1. The van der Waals surface area contributed by atoms with Crippen LogP contribution in [0.25, 0.3) is 0 Å². The van der Waals surface area contributed by atoms with Gasteiger partial charge in [-0.15, -0.1) is 0 Å². The fourth-order valence-electron chi connectivity index (χ4n) is 1.51. The molecule has 0 atom stereocenters. The first-order chi connectivity index (χ1) is 9.42. The molecule has 112 valence electrons. The average molecular weight is 303 g/mol. The smallest absolute Gasteiger partial charge is 0.312 e. The molecule has 0 unspecified atom stereocenters. The van der Waals surface area contributed by atoms with Crippen molar-refractivity contribution in [3.63, 3.8) is 0 Å². The van der Waals surface area contributed by atoms with Crippen LogP contribution in [0.1, 0.15) is 6.92 Å². The van der Waals surface area contributed by atoms with E-state index in [4.69, 9.17) is 4.74 Å². The summed E-state index contributed by atoms with van der Waals surface area (Å²) in [6.45, 7) is 3.32. The zero-order valence-electron chi connectivity index (χ0n) is 11.3. The van der Waals surface area contributed by atoms with Gasteiger partial charge in [0.05, 0.1) is 16.9 Å². The molecule has 2 N–H and O–H groups in total. The lowest BCUT2D eigenvalue weighted by atomic mass is 10.3. The number of methoxy groups -OCH3 is 1. The van der Waals surface area contributed by atoms with Crippen LogP contribution < -0.4 is 14.8 Å². The van der Waals surface area contributed by atoms with Crippen LogP contribution in [0.3, 0.4) is 0 Å². The highest BCUT2D eigenvalue weighted by atomic mass is 32.2. The van der Waals surface area contributed by atoms with Crippen molar-refractivity contribution in [2.75, 3.05) is 26.7 Å². The highest BCUT2D eigenvalue weighted by molar-refractivity contribution is 7.89. The van der Waals surface area contributed by atoms with Crippen LogP contribution >= 0.6 is 0 Å². The Balaban J connectivity index is 2.95. The van der Waals surface area contributed by atoms with Crippen LogP contribution in [0.15, 0.2) is 23.1 Å². The van der Waals surface area contributed by atoms with Crippen molar-refractivity contribution in [2.45, 2.75) is 11.8 Å². The number of nitro benzene ring substituents is 1. The summed E-state index contributed by atoms with van der Waals surface area (Å²) in [5.41, 5.74) is -0.387. The van der Waals surface area contributed by atoms with Crippen molar-refractivity contribution in [1.82, 2.24) is 10.0 Å². The van der Waals surface area contributed by atoms with E-state index in [0.29, 0.717) is 6.54 Å². The van der Waals surface area contributed by atoms with Gasteiger partial charge in [-0.2, -0.15) is 0 Å². The number of nitro groups is 1. The molecule has 0 spiro atoms. The van der Waals surface area contributed by atoms with E-state index in [9.17, 15) is 18.5 Å². The highest BCUT2D eigenvalue weighted by Gasteiger charge is 2.21. The molecule has 0 aliphatic rings. The highest BCUT2D eigenvalue weighted by Crippen LogP contribution is 2.29. The molecule has 0 bridgehead atoms. The van der Waals surface area contributed by atoms with Crippen molar-refractivity contribution in [1.29, 1.82) is 0 Å². The van der Waals surface area contributed by atoms with E-state index in [1.54, 1.807) is 0 Å². The van der Waals surface area contributed by atoms with Crippen LogP contribution in [0.5, 0.6) is 5.75 Å². The lowest BCUT2D eigenvalue weighted by Crippen LogP contribution is -2.31. The van der Waals surface area contributed by atoms with Crippen molar-refractivity contribution in [3.8, 4) is 5.75 Å². The Kier molecular flexibility index (Phi) is 5.86. The van der Waals surface area contributed by atoms with Crippen LogP contribution in [-0.2, 0) is 10.0 Å². The van der Waals surface area contributed by atoms with Gasteiger partial charge in [-0.05, 0) is 18.7 Å². The van der Waals surface area contributed by atoms with Crippen LogP contribution in [0.2, 0.25) is 0 Å². The number of hydrogen-bond donors (Lipinski definition) is 2. The van der Waals surface area contributed by atoms with Crippen LogP contribution in [0.4, 0.5) is 5.69 Å². The molecule has 1 rings (SSSR count). The van der Waals surface area contributed by atoms with Gasteiger partial charge in [0.2, 0.25) is 10.0 Å². The molecular weight excluding hydrogens is 286 g/mol. The Morgan fingerprint density at radius 2 is 2.05 bits per heavy atom. The molecule has 0 aromatic heterocycles. The molecule has 0 radical (unpaired) electrons. The van der Waals surface area contributed by atoms with E-state index < -0.39 is 14.9 Å². The van der Waals surface area contributed by atoms with Gasteiger partial charge in [0.25, 0.3) is 0 Å². The Morgan fingerprint density at radius 3 is 2.60 bits per heavy atom. The van der Waals surface area contributed by atoms with Crippen molar-refractivity contribution in [3.05, 3.63) is 28.3 Å². The van der Waals surface area contributed by atoms with E-state index in [-0.39, 0.29) is 22.9 Å². The van der Waals surface area contributed by atoms with Crippen LogP contribution in [0, 0.1) is 10.1 Å². The molecule has 0 aliphatic heterocycles. The Labute approximate surface area is 117 Å². The van der Waals surface area contributed by atoms with E-state index in [1.165, 1.54) is 19.2 Å². The van der Waals surface area contributed by atoms with Gasteiger partial charge < -0.3 is 10.1 Å². The Morgan fingerprint density at radius 1 is 1.35 bits per heavy atom. The Bertz CT molecular complexity index is 573. The summed E-state index contributed by atoms with van der Waals surface area (Å²) < 4.78 is 31.1. The van der Waals surface area contributed by atoms with Gasteiger partial charge in [-0.1, -0.05) is 6.92 Å². The lowest BCUT2D eigenvalue weighted by molar-refractivity contribution is -0.386. The summed E-state index contributed by atoms with van der Waals surface area (Å²) >= 11 is 0. The second kappa shape index (κ2) is 7.17. The van der Waals surface area contributed by atoms with E-state index >= 15 is 0 Å². The largest absolute Gasteiger partial charge is 0.490 e. The number of nitrogens with zero attached hydrogens (tertiary/aromatic N) is 1. The SMILES string of the molecule is CCNCCNS(=O)(=O)c1ccc(OC)c([N+](=O)[O-])c1. The average Bonchev–Trinajstić information content (AvgIpc) is 2.42. The number of rotatable bonds is 8. The summed E-state index contributed by atoms with van der Waals surface area (Å²) in [6.07, 6.45) is 0. The first kappa shape index (κ1) is 16.3. The monoisotopic (exact) mass is 303 g/mol. The summed E-state index contributed by atoms with van der Waals surface area (Å²) in [4.78, 5) is 10.0. The minimum Gasteiger partial charge on any atom is -0.490 e. The number of likely N-dealkylation sites (N-methyl/N-ethyl adjacent to an activating group) is 1. The van der Waals surface area contributed by atoms with Gasteiger partial charge >= 0.3 is 5.69 Å². The van der Waals surface area contributed by atoms with E-state index in [1.807, 2.05) is 6.92 Å². The second-order valence-corrected chi connectivity index (χ2v) is 5.61. The molecule has 0 aliphatic carbocycles. The predicted octanol–water partition coefficient (Wildman–Crippen LogP) is 0.491. The Hall–Kier alpha value is -1.71. The molecule has 0 heterocycles. The first-order valence-corrected chi connectivity index (χ1v) is 7.43. The fraction of sp³-hybridized carbons (Fsp3) is 0.455. The summed E-state index contributed by atoms with van der Waals surface area (Å²) in [6, 6.07) is 3.51. The molecule has 1 aromatic carbocycles. The number of nitrogens with one attached hydrogen (secondary N) is 2. The van der Waals surface area contributed by atoms with Gasteiger partial charge in [-0.25, -0.2) is 13.1 Å². The topological polar surface area (TPSA) is 111 Å². The van der Waals surface area contributed by atoms with Crippen molar-refractivity contribution < 1.29 is 18.1 Å². The maximum Gasteiger partial charge on any atom is 0.312 e. The molecule has 0 amide bonds. The second-order valence-electron chi connectivity index (χ2n) is 3.84. The van der Waals surface area contributed by atoms with Gasteiger partial charge in [-0.3, -0.25) is 10.1 Å². The van der Waals surface area contributed by atoms with Crippen molar-refractivity contribution >= 4 is 15.7 Å². The normalized spacial score (nSPS) is 11.3. The summed E-state index contributed by atoms with van der Waals surface area (Å²) in [5, 5.41) is 13.8. The van der Waals surface area contributed by atoms with Gasteiger partial charge in [0.1, 0.15) is 0 Å². The number of ether oxygens (including phenoxy) is 1. The molecule has 0 saturated heterocycles. The maximum absolute atomic E-state index is 12.0. The maximum atomic E-state index is 12.0. The molecule has 0 saturated carbocycles. The minimum absolute atomic E-state index is 0.0154. The van der Waals surface area contributed by atoms with Crippen LogP contribution in [-0.4, -0.2) is 40.1 Å². The third-order valence-corrected chi connectivity index (χ3v) is 3.96. The quantitative estimate of drug-likeness (QED) is 0.411. The fourth-order valence-corrected chi connectivity index (χ4v) is 2.56. The third kappa shape index (κ3) is 4.15. The van der Waals surface area contributed by atoms with E-state index in [2.05, 4.69) is 10.0 Å². The molecule has 9 heteroatoms. The predicted molar refractivity (Wildman–Crippen MR) is 73.4 cm³/mol. The molecule has 0 fully saturated rings. The summed E-state index contributed by atoms with van der Waals surface area (Å²) in [7, 11) is -2.49. The van der Waals surface area contributed by atoms with Gasteiger partial charge in [0, 0.05) is 19.2 Å². The molecule has 20 heavy (non-hydrogen) atoms. The zero-order chi connectivity index (χ0) is 15.2.